The highest BCUT2D eigenvalue weighted by molar-refractivity contribution is 6.30. The van der Waals surface area contributed by atoms with Gasteiger partial charge in [-0.15, -0.1) is 0 Å². The second kappa shape index (κ2) is 6.15. The number of halogens is 1. The molecular formula is C16H21ClN2O. The summed E-state index contributed by atoms with van der Waals surface area (Å²) in [6.45, 7) is 1.54. The van der Waals surface area contributed by atoms with Crippen LogP contribution in [-0.4, -0.2) is 19.0 Å². The van der Waals surface area contributed by atoms with Crippen LogP contribution < -0.4 is 10.6 Å². The van der Waals surface area contributed by atoms with E-state index >= 15 is 0 Å². The summed E-state index contributed by atoms with van der Waals surface area (Å²) in [4.78, 5) is 11.6. The number of benzene rings is 1. The minimum absolute atomic E-state index is 0.223. The maximum absolute atomic E-state index is 11.6. The Balaban J connectivity index is 1.47. The molecule has 1 aromatic rings. The van der Waals surface area contributed by atoms with Crippen molar-refractivity contribution in [3.8, 4) is 0 Å². The molecule has 108 valence electrons. The van der Waals surface area contributed by atoms with E-state index in [1.54, 1.807) is 0 Å². The van der Waals surface area contributed by atoms with Gasteiger partial charge in [0.2, 0.25) is 5.91 Å². The maximum Gasteiger partial charge on any atom is 0.223 e. The van der Waals surface area contributed by atoms with E-state index in [1.807, 2.05) is 12.1 Å². The number of hydrogen-bond acceptors (Lipinski definition) is 2. The predicted octanol–water partition coefficient (Wildman–Crippen LogP) is 2.91. The number of amides is 1. The van der Waals surface area contributed by atoms with E-state index in [1.165, 1.54) is 18.4 Å². The second-order valence-corrected chi connectivity index (χ2v) is 6.32. The number of hydrogen-bond donors (Lipinski definition) is 2. The lowest BCUT2D eigenvalue weighted by molar-refractivity contribution is -0.122. The Labute approximate surface area is 125 Å². The zero-order valence-electron chi connectivity index (χ0n) is 11.6. The molecule has 1 amide bonds. The number of rotatable bonds is 7. The Kier molecular flexibility index (Phi) is 4.27. The van der Waals surface area contributed by atoms with Crippen LogP contribution >= 0.6 is 11.6 Å². The van der Waals surface area contributed by atoms with E-state index in [2.05, 4.69) is 22.8 Å². The molecule has 1 unspecified atom stereocenters. The predicted molar refractivity (Wildman–Crippen MR) is 80.7 cm³/mol. The van der Waals surface area contributed by atoms with E-state index in [0.29, 0.717) is 18.5 Å². The number of carbonyl (C=O) groups is 1. The molecule has 0 heterocycles. The molecule has 0 aromatic heterocycles. The molecule has 2 saturated carbocycles. The molecule has 2 aliphatic carbocycles. The van der Waals surface area contributed by atoms with Gasteiger partial charge >= 0.3 is 0 Å². The lowest BCUT2D eigenvalue weighted by Crippen LogP contribution is -2.34. The van der Waals surface area contributed by atoms with Crippen molar-refractivity contribution in [1.29, 1.82) is 0 Å². The summed E-state index contributed by atoms with van der Waals surface area (Å²) in [5, 5.41) is 7.35. The largest absolute Gasteiger partial charge is 0.355 e. The zero-order chi connectivity index (χ0) is 13.9. The van der Waals surface area contributed by atoms with Crippen LogP contribution in [0.15, 0.2) is 24.3 Å². The molecule has 2 aliphatic rings. The van der Waals surface area contributed by atoms with Crippen molar-refractivity contribution in [1.82, 2.24) is 10.6 Å². The first kappa shape index (κ1) is 13.9. The van der Waals surface area contributed by atoms with Crippen molar-refractivity contribution in [2.45, 2.75) is 31.7 Å². The van der Waals surface area contributed by atoms with E-state index in [0.717, 1.165) is 30.3 Å². The fraction of sp³-hybridized carbons (Fsp3) is 0.562. The average Bonchev–Trinajstić information content (AvgIpc) is 3.30. The Morgan fingerprint density at radius 2 is 1.85 bits per heavy atom. The normalized spacial score (nSPS) is 19.6. The van der Waals surface area contributed by atoms with Crippen molar-refractivity contribution in [3.05, 3.63) is 34.9 Å². The first-order valence-corrected chi connectivity index (χ1v) is 7.88. The Morgan fingerprint density at radius 1 is 1.15 bits per heavy atom. The maximum atomic E-state index is 11.6. The Bertz CT molecular complexity index is 466. The first-order valence-electron chi connectivity index (χ1n) is 7.50. The van der Waals surface area contributed by atoms with Gasteiger partial charge in [0.15, 0.2) is 0 Å². The SMILES string of the molecule is O=C(NCCNC(c1ccc(Cl)cc1)C1CC1)C1CC1. The van der Waals surface area contributed by atoms with E-state index in [-0.39, 0.29) is 5.91 Å². The molecule has 0 bridgehead atoms. The van der Waals surface area contributed by atoms with E-state index in [9.17, 15) is 4.79 Å². The van der Waals surface area contributed by atoms with Gasteiger partial charge < -0.3 is 10.6 Å². The van der Waals surface area contributed by atoms with Crippen molar-refractivity contribution < 1.29 is 4.79 Å². The molecule has 4 heteroatoms. The van der Waals surface area contributed by atoms with Gasteiger partial charge in [0.25, 0.3) is 0 Å². The van der Waals surface area contributed by atoms with Crippen LogP contribution in [0.2, 0.25) is 5.02 Å². The van der Waals surface area contributed by atoms with Gasteiger partial charge in [-0.2, -0.15) is 0 Å². The first-order chi connectivity index (χ1) is 9.74. The second-order valence-electron chi connectivity index (χ2n) is 5.89. The van der Waals surface area contributed by atoms with Gasteiger partial charge in [-0.3, -0.25) is 4.79 Å². The van der Waals surface area contributed by atoms with Crippen LogP contribution in [0, 0.1) is 11.8 Å². The van der Waals surface area contributed by atoms with E-state index < -0.39 is 0 Å². The molecule has 0 radical (unpaired) electrons. The molecule has 3 rings (SSSR count). The fourth-order valence-electron chi connectivity index (χ4n) is 2.56. The lowest BCUT2D eigenvalue weighted by atomic mass is 10.0. The molecular weight excluding hydrogens is 272 g/mol. The van der Waals surface area contributed by atoms with Crippen LogP contribution in [0.25, 0.3) is 0 Å². The van der Waals surface area contributed by atoms with Gasteiger partial charge in [-0.05, 0) is 49.3 Å². The van der Waals surface area contributed by atoms with Crippen molar-refractivity contribution in [3.63, 3.8) is 0 Å². The van der Waals surface area contributed by atoms with Crippen LogP contribution in [0.4, 0.5) is 0 Å². The van der Waals surface area contributed by atoms with Crippen LogP contribution in [0.5, 0.6) is 0 Å². The summed E-state index contributed by atoms with van der Waals surface area (Å²) in [5.41, 5.74) is 1.30. The molecule has 0 saturated heterocycles. The molecule has 2 N–H and O–H groups in total. The standard InChI is InChI=1S/C16H21ClN2O/c17-14-7-5-12(6-8-14)15(11-1-2-11)18-9-10-19-16(20)13-3-4-13/h5-8,11,13,15,18H,1-4,9-10H2,(H,19,20). The Morgan fingerprint density at radius 3 is 2.45 bits per heavy atom. The smallest absolute Gasteiger partial charge is 0.223 e. The molecule has 3 nitrogen and oxygen atoms in total. The third-order valence-corrected chi connectivity index (χ3v) is 4.31. The molecule has 1 atom stereocenters. The van der Waals surface area contributed by atoms with Crippen LogP contribution in [0.3, 0.4) is 0 Å². The molecule has 1 aromatic carbocycles. The van der Waals surface area contributed by atoms with Gasteiger partial charge in [-0.25, -0.2) is 0 Å². The van der Waals surface area contributed by atoms with Crippen molar-refractivity contribution in [2.75, 3.05) is 13.1 Å². The summed E-state index contributed by atoms with van der Waals surface area (Å²) in [5.74, 6) is 1.25. The third kappa shape index (κ3) is 3.74. The fourth-order valence-corrected chi connectivity index (χ4v) is 2.69. The van der Waals surface area contributed by atoms with Crippen LogP contribution in [-0.2, 0) is 4.79 Å². The number of carbonyl (C=O) groups excluding carboxylic acids is 1. The molecule has 20 heavy (non-hydrogen) atoms. The third-order valence-electron chi connectivity index (χ3n) is 4.06. The summed E-state index contributed by atoms with van der Waals surface area (Å²) >= 11 is 5.94. The minimum Gasteiger partial charge on any atom is -0.355 e. The van der Waals surface area contributed by atoms with Gasteiger partial charge in [0, 0.05) is 30.1 Å². The molecule has 0 spiro atoms. The van der Waals surface area contributed by atoms with Crippen molar-refractivity contribution >= 4 is 17.5 Å². The molecule has 2 fully saturated rings. The topological polar surface area (TPSA) is 41.1 Å². The molecule has 0 aliphatic heterocycles. The summed E-state index contributed by atoms with van der Waals surface area (Å²) in [6, 6.07) is 8.48. The average molecular weight is 293 g/mol. The summed E-state index contributed by atoms with van der Waals surface area (Å²) in [7, 11) is 0. The highest BCUT2D eigenvalue weighted by Gasteiger charge is 2.32. The van der Waals surface area contributed by atoms with Crippen LogP contribution in [0.1, 0.15) is 37.3 Å². The van der Waals surface area contributed by atoms with Gasteiger partial charge in [-0.1, -0.05) is 23.7 Å². The van der Waals surface area contributed by atoms with Gasteiger partial charge in [0.05, 0.1) is 0 Å². The quantitative estimate of drug-likeness (QED) is 0.759. The van der Waals surface area contributed by atoms with Gasteiger partial charge in [0.1, 0.15) is 0 Å². The number of nitrogens with one attached hydrogen (secondary N) is 2. The minimum atomic E-state index is 0.223. The summed E-state index contributed by atoms with van der Waals surface area (Å²) in [6.07, 6.45) is 4.70. The Hall–Kier alpha value is -1.06. The zero-order valence-corrected chi connectivity index (χ0v) is 12.3. The summed E-state index contributed by atoms with van der Waals surface area (Å²) < 4.78 is 0. The monoisotopic (exact) mass is 292 g/mol. The van der Waals surface area contributed by atoms with E-state index in [4.69, 9.17) is 11.6 Å². The highest BCUT2D eigenvalue weighted by Crippen LogP contribution is 2.41. The highest BCUT2D eigenvalue weighted by atomic mass is 35.5. The lowest BCUT2D eigenvalue weighted by Gasteiger charge is -2.19. The van der Waals surface area contributed by atoms with Crippen molar-refractivity contribution in [2.24, 2.45) is 11.8 Å².